The fourth-order valence-electron chi connectivity index (χ4n) is 5.33. The molecule has 0 aliphatic carbocycles. The van der Waals surface area contributed by atoms with Crippen LogP contribution in [0, 0.1) is 5.82 Å². The maximum absolute atomic E-state index is 14.5. The summed E-state index contributed by atoms with van der Waals surface area (Å²) >= 11 is 0. The fourth-order valence-corrected chi connectivity index (χ4v) is 5.33. The SMILES string of the molecule is O=C(O)[C@H](N=C(c1ccccc1)c1ccccc1NC(=O)[C@@H]1CCCN1Cc1ccccc1)[C@@H](O)c1ccccc1F. The predicted molar refractivity (Wildman–Crippen MR) is 160 cm³/mol. The zero-order valence-electron chi connectivity index (χ0n) is 22.9. The Balaban J connectivity index is 1.49. The Morgan fingerprint density at radius 3 is 2.26 bits per heavy atom. The summed E-state index contributed by atoms with van der Waals surface area (Å²) in [7, 11) is 0. The Morgan fingerprint density at radius 1 is 0.905 bits per heavy atom. The molecule has 3 atom stereocenters. The number of nitrogens with zero attached hydrogens (tertiary/aromatic N) is 2. The normalized spacial score (nSPS) is 17.0. The van der Waals surface area contributed by atoms with Crippen molar-refractivity contribution in [3.63, 3.8) is 0 Å². The monoisotopic (exact) mass is 565 g/mol. The van der Waals surface area contributed by atoms with Crippen LogP contribution >= 0.6 is 0 Å². The first-order chi connectivity index (χ1) is 20.4. The van der Waals surface area contributed by atoms with Crippen LogP contribution in [0.3, 0.4) is 0 Å². The van der Waals surface area contributed by atoms with Crippen LogP contribution in [0.1, 0.15) is 41.2 Å². The highest BCUT2D eigenvalue weighted by Crippen LogP contribution is 2.28. The van der Waals surface area contributed by atoms with E-state index in [1.807, 2.05) is 36.4 Å². The molecule has 8 heteroatoms. The molecule has 1 saturated heterocycles. The summed E-state index contributed by atoms with van der Waals surface area (Å²) in [5, 5.41) is 24.1. The van der Waals surface area contributed by atoms with Crippen LogP contribution in [0.15, 0.2) is 114 Å². The number of aliphatic hydroxyl groups is 1. The van der Waals surface area contributed by atoms with Crippen LogP contribution in [-0.2, 0) is 16.1 Å². The minimum atomic E-state index is -1.74. The zero-order chi connectivity index (χ0) is 29.5. The molecule has 1 aliphatic rings. The Hall–Kier alpha value is -4.66. The number of aliphatic imine (C=N–C) groups is 1. The molecule has 4 aromatic rings. The first-order valence-corrected chi connectivity index (χ1v) is 13.9. The summed E-state index contributed by atoms with van der Waals surface area (Å²) in [6.07, 6.45) is -0.123. The van der Waals surface area contributed by atoms with Crippen LogP contribution in [-0.4, -0.2) is 51.3 Å². The summed E-state index contributed by atoms with van der Waals surface area (Å²) < 4.78 is 14.5. The smallest absolute Gasteiger partial charge is 0.331 e. The van der Waals surface area contributed by atoms with Crippen molar-refractivity contribution in [2.24, 2.45) is 4.99 Å². The number of carbonyl (C=O) groups excluding carboxylic acids is 1. The number of rotatable bonds is 10. The lowest BCUT2D eigenvalue weighted by Crippen LogP contribution is -2.39. The van der Waals surface area contributed by atoms with E-state index in [1.54, 1.807) is 48.5 Å². The first-order valence-electron chi connectivity index (χ1n) is 13.9. The van der Waals surface area contributed by atoms with Gasteiger partial charge < -0.3 is 15.5 Å². The van der Waals surface area contributed by atoms with Gasteiger partial charge in [-0.3, -0.25) is 14.7 Å². The summed E-state index contributed by atoms with van der Waals surface area (Å²) in [5.41, 5.74) is 2.74. The Morgan fingerprint density at radius 2 is 1.55 bits per heavy atom. The average molecular weight is 566 g/mol. The molecule has 0 bridgehead atoms. The van der Waals surface area contributed by atoms with E-state index in [4.69, 9.17) is 0 Å². The van der Waals surface area contributed by atoms with Crippen molar-refractivity contribution in [3.8, 4) is 0 Å². The highest BCUT2D eigenvalue weighted by molar-refractivity contribution is 6.17. The van der Waals surface area contributed by atoms with Crippen LogP contribution in [0.25, 0.3) is 0 Å². The minimum absolute atomic E-state index is 0.163. The van der Waals surface area contributed by atoms with Gasteiger partial charge in [-0.1, -0.05) is 97.1 Å². The number of carboxylic acids is 1. The molecule has 0 unspecified atom stereocenters. The molecule has 0 radical (unpaired) electrons. The molecule has 7 nitrogen and oxygen atoms in total. The number of amides is 1. The number of likely N-dealkylation sites (tertiary alicyclic amines) is 1. The van der Waals surface area contributed by atoms with Gasteiger partial charge in [-0.25, -0.2) is 9.18 Å². The maximum Gasteiger partial charge on any atom is 0.331 e. The van der Waals surface area contributed by atoms with Crippen molar-refractivity contribution in [3.05, 3.63) is 137 Å². The standard InChI is InChI=1S/C34H32FN3O4/c35-27-18-9-7-16-25(27)32(39)31(34(41)42)37-30(24-14-5-2-6-15-24)26-17-8-10-19-28(26)36-33(40)29-20-11-21-38(29)22-23-12-3-1-4-13-23/h1-10,12-19,29,31-32,39H,11,20-22H2,(H,36,40)(H,41,42)/t29-,31+,32-/m0/s1. The highest BCUT2D eigenvalue weighted by Gasteiger charge is 2.33. The number of benzene rings is 4. The number of hydrogen-bond acceptors (Lipinski definition) is 5. The lowest BCUT2D eigenvalue weighted by atomic mass is 9.97. The van der Waals surface area contributed by atoms with E-state index < -0.39 is 23.9 Å². The van der Waals surface area contributed by atoms with Crippen molar-refractivity contribution in [1.29, 1.82) is 0 Å². The van der Waals surface area contributed by atoms with E-state index in [9.17, 15) is 24.2 Å². The number of nitrogens with one attached hydrogen (secondary N) is 1. The van der Waals surface area contributed by atoms with Gasteiger partial charge in [-0.2, -0.15) is 0 Å². The van der Waals surface area contributed by atoms with Gasteiger partial charge in [0.15, 0.2) is 6.04 Å². The van der Waals surface area contributed by atoms with Crippen LogP contribution in [0.4, 0.5) is 10.1 Å². The summed E-state index contributed by atoms with van der Waals surface area (Å²) in [6, 6.07) is 29.4. The van der Waals surface area contributed by atoms with Gasteiger partial charge in [0.1, 0.15) is 11.9 Å². The quantitative estimate of drug-likeness (QED) is 0.222. The number of aliphatic hydroxyl groups excluding tert-OH is 1. The third kappa shape index (κ3) is 6.62. The molecular weight excluding hydrogens is 533 g/mol. The Bertz CT molecular complexity index is 1560. The minimum Gasteiger partial charge on any atom is -0.480 e. The number of aliphatic carboxylic acids is 1. The third-order valence-corrected chi connectivity index (χ3v) is 7.43. The lowest BCUT2D eigenvalue weighted by molar-refractivity contribution is -0.141. The van der Waals surface area contributed by atoms with Crippen molar-refractivity contribution >= 4 is 23.3 Å². The van der Waals surface area contributed by atoms with E-state index >= 15 is 0 Å². The second-order valence-electron chi connectivity index (χ2n) is 10.2. The molecule has 1 amide bonds. The molecule has 0 aromatic heterocycles. The molecule has 0 spiro atoms. The van der Waals surface area contributed by atoms with Gasteiger partial charge in [-0.05, 0) is 37.1 Å². The van der Waals surface area contributed by atoms with Gasteiger partial charge in [-0.15, -0.1) is 0 Å². The molecule has 4 aromatic carbocycles. The molecule has 1 aliphatic heterocycles. The fraction of sp³-hybridized carbons (Fsp3) is 0.206. The summed E-state index contributed by atoms with van der Waals surface area (Å²) in [5.74, 6) is -2.30. The zero-order valence-corrected chi connectivity index (χ0v) is 22.9. The van der Waals surface area contributed by atoms with Crippen molar-refractivity contribution in [2.45, 2.75) is 37.6 Å². The van der Waals surface area contributed by atoms with E-state index in [0.29, 0.717) is 23.4 Å². The molecule has 5 rings (SSSR count). The summed E-state index contributed by atoms with van der Waals surface area (Å²) in [4.78, 5) is 32.7. The molecule has 3 N–H and O–H groups in total. The summed E-state index contributed by atoms with van der Waals surface area (Å²) in [6.45, 7) is 1.46. The second kappa shape index (κ2) is 13.3. The van der Waals surface area contributed by atoms with Gasteiger partial charge in [0, 0.05) is 23.2 Å². The molecule has 1 heterocycles. The van der Waals surface area contributed by atoms with Crippen molar-refractivity contribution in [2.75, 3.05) is 11.9 Å². The Labute approximate surface area is 244 Å². The second-order valence-corrected chi connectivity index (χ2v) is 10.2. The van der Waals surface area contributed by atoms with E-state index in [-0.39, 0.29) is 23.2 Å². The largest absolute Gasteiger partial charge is 0.480 e. The average Bonchev–Trinajstić information content (AvgIpc) is 3.47. The van der Waals surface area contributed by atoms with Gasteiger partial charge in [0.25, 0.3) is 0 Å². The van der Waals surface area contributed by atoms with Crippen LogP contribution in [0.5, 0.6) is 0 Å². The van der Waals surface area contributed by atoms with E-state index in [1.165, 1.54) is 18.2 Å². The molecule has 0 saturated carbocycles. The lowest BCUT2D eigenvalue weighted by Gasteiger charge is -2.24. The number of carbonyl (C=O) groups is 2. The number of anilines is 1. The number of carboxylic acid groups (broad SMARTS) is 1. The van der Waals surface area contributed by atoms with E-state index in [2.05, 4.69) is 15.2 Å². The molecular formula is C34H32FN3O4. The topological polar surface area (TPSA) is 102 Å². The molecule has 1 fully saturated rings. The molecule has 214 valence electrons. The van der Waals surface area contributed by atoms with Gasteiger partial charge in [0.05, 0.1) is 17.4 Å². The van der Waals surface area contributed by atoms with Crippen LogP contribution < -0.4 is 5.32 Å². The van der Waals surface area contributed by atoms with Crippen LogP contribution in [0.2, 0.25) is 0 Å². The number of hydrogen-bond donors (Lipinski definition) is 3. The number of halogens is 1. The van der Waals surface area contributed by atoms with E-state index in [0.717, 1.165) is 31.0 Å². The first kappa shape index (κ1) is 28.9. The maximum atomic E-state index is 14.5. The van der Waals surface area contributed by atoms with Gasteiger partial charge in [0.2, 0.25) is 5.91 Å². The highest BCUT2D eigenvalue weighted by atomic mass is 19.1. The van der Waals surface area contributed by atoms with Gasteiger partial charge >= 0.3 is 5.97 Å². The van der Waals surface area contributed by atoms with Crippen molar-refractivity contribution in [1.82, 2.24) is 4.90 Å². The number of para-hydroxylation sites is 1. The third-order valence-electron chi connectivity index (χ3n) is 7.43. The van der Waals surface area contributed by atoms with Crippen molar-refractivity contribution < 1.29 is 24.2 Å². The Kier molecular flexibility index (Phi) is 9.16. The molecule has 42 heavy (non-hydrogen) atoms. The predicted octanol–water partition coefficient (Wildman–Crippen LogP) is 5.45.